The topological polar surface area (TPSA) is 120 Å². The Labute approximate surface area is 237 Å². The number of ether oxygens (including phenoxy) is 1. The van der Waals surface area contributed by atoms with Crippen molar-refractivity contribution in [2.45, 2.75) is 70.9 Å². The molecule has 0 aromatic heterocycles. The van der Waals surface area contributed by atoms with Crippen LogP contribution in [0.5, 0.6) is 5.75 Å². The molecule has 3 amide bonds. The molecule has 0 aliphatic carbocycles. The predicted octanol–water partition coefficient (Wildman–Crippen LogP) is 2.44. The maximum Gasteiger partial charge on any atom is 0.247 e. The smallest absolute Gasteiger partial charge is 0.247 e. The predicted molar refractivity (Wildman–Crippen MR) is 155 cm³/mol. The molecule has 4 rings (SSSR count). The molecule has 2 aromatic rings. The number of benzene rings is 2. The molecule has 0 spiro atoms. The molecule has 9 nitrogen and oxygen atoms in total. The van der Waals surface area contributed by atoms with E-state index in [2.05, 4.69) is 16.0 Å². The number of carbonyl (C=O) groups is 3. The molecule has 218 valence electrons. The fraction of sp³-hybridized carbons (Fsp3) is 0.516. The summed E-state index contributed by atoms with van der Waals surface area (Å²) in [5.74, 6) is -0.837. The number of rotatable bonds is 8. The van der Waals surface area contributed by atoms with Gasteiger partial charge in [-0.15, -0.1) is 0 Å². The van der Waals surface area contributed by atoms with Gasteiger partial charge in [0.25, 0.3) is 0 Å². The van der Waals surface area contributed by atoms with E-state index in [0.717, 1.165) is 12.0 Å². The number of nitrogens with zero attached hydrogens (tertiary/aromatic N) is 1. The van der Waals surface area contributed by atoms with Crippen LogP contribution in [-0.2, 0) is 20.8 Å². The lowest BCUT2D eigenvalue weighted by Gasteiger charge is -2.35. The van der Waals surface area contributed by atoms with E-state index in [-0.39, 0.29) is 30.7 Å². The maximum atomic E-state index is 14.0. The van der Waals surface area contributed by atoms with E-state index in [1.54, 1.807) is 24.3 Å². The van der Waals surface area contributed by atoms with Crippen LogP contribution in [0.4, 0.5) is 0 Å². The second-order valence-electron chi connectivity index (χ2n) is 11.2. The van der Waals surface area contributed by atoms with Crippen molar-refractivity contribution in [3.63, 3.8) is 0 Å². The summed E-state index contributed by atoms with van der Waals surface area (Å²) in [7, 11) is 3.69. The van der Waals surface area contributed by atoms with Gasteiger partial charge in [0.15, 0.2) is 0 Å². The third kappa shape index (κ3) is 8.05. The maximum absolute atomic E-state index is 14.0. The van der Waals surface area contributed by atoms with Gasteiger partial charge in [0.05, 0.1) is 12.1 Å². The van der Waals surface area contributed by atoms with Gasteiger partial charge in [-0.25, -0.2) is 0 Å². The Morgan fingerprint density at radius 2 is 1.70 bits per heavy atom. The number of fused-ring (bicyclic) bond motifs is 11. The third-order valence-electron chi connectivity index (χ3n) is 7.50. The average Bonchev–Trinajstić information content (AvgIpc) is 2.93. The van der Waals surface area contributed by atoms with Crippen LogP contribution in [0.25, 0.3) is 0 Å². The molecule has 0 unspecified atom stereocenters. The highest BCUT2D eigenvalue weighted by Crippen LogP contribution is 2.23. The number of aliphatic hydroxyl groups excluding tert-OH is 1. The molecule has 6 atom stereocenters. The molecule has 0 radical (unpaired) electrons. The summed E-state index contributed by atoms with van der Waals surface area (Å²) in [4.78, 5) is 42.8. The molecular weight excluding hydrogens is 508 g/mol. The van der Waals surface area contributed by atoms with Crippen LogP contribution in [-0.4, -0.2) is 72.6 Å². The fourth-order valence-electron chi connectivity index (χ4n) is 5.03. The van der Waals surface area contributed by atoms with Crippen LogP contribution in [0.3, 0.4) is 0 Å². The largest absolute Gasteiger partial charge is 0.487 e. The molecular formula is C31H44N4O5. The van der Waals surface area contributed by atoms with Crippen LogP contribution in [0.2, 0.25) is 0 Å². The molecule has 2 aromatic carbocycles. The minimum atomic E-state index is -1.07. The average molecular weight is 553 g/mol. The lowest BCUT2D eigenvalue weighted by atomic mass is 9.94. The van der Waals surface area contributed by atoms with Gasteiger partial charge >= 0.3 is 0 Å². The van der Waals surface area contributed by atoms with E-state index in [1.807, 2.05) is 77.0 Å². The first-order valence-corrected chi connectivity index (χ1v) is 14.0. The highest BCUT2D eigenvalue weighted by atomic mass is 16.5. The number of carbonyl (C=O) groups excluding carboxylic acids is 3. The summed E-state index contributed by atoms with van der Waals surface area (Å²) in [6, 6.07) is 13.8. The second kappa shape index (κ2) is 14.3. The van der Waals surface area contributed by atoms with Crippen LogP contribution in [0.1, 0.15) is 51.3 Å². The molecule has 0 saturated carbocycles. The van der Waals surface area contributed by atoms with Crippen molar-refractivity contribution in [2.75, 3.05) is 20.6 Å². The van der Waals surface area contributed by atoms with Crippen molar-refractivity contribution >= 4 is 17.7 Å². The molecule has 9 heteroatoms. The SMILES string of the molecule is CC[C@H](C)[C@@H](C(=O)N[C@@H]1C(=O)N[C@@H](Cc2ccccc2)C(=O)NC[C@H](O)c2ccc(cc2)O[C@H]1C(C)C)N(C)C. The minimum absolute atomic E-state index is 0.0194. The summed E-state index contributed by atoms with van der Waals surface area (Å²) < 4.78 is 6.33. The van der Waals surface area contributed by atoms with Crippen molar-refractivity contribution in [3.8, 4) is 5.75 Å². The molecule has 0 fully saturated rings. The molecule has 2 heterocycles. The zero-order valence-electron chi connectivity index (χ0n) is 24.4. The highest BCUT2D eigenvalue weighted by Gasteiger charge is 2.38. The number of hydrogen-bond donors (Lipinski definition) is 4. The number of amides is 3. The lowest BCUT2D eigenvalue weighted by molar-refractivity contribution is -0.137. The third-order valence-corrected chi connectivity index (χ3v) is 7.50. The van der Waals surface area contributed by atoms with E-state index in [9.17, 15) is 19.5 Å². The zero-order chi connectivity index (χ0) is 29.4. The summed E-state index contributed by atoms with van der Waals surface area (Å²) in [6.45, 7) is 7.85. The van der Waals surface area contributed by atoms with E-state index in [1.165, 1.54) is 0 Å². The van der Waals surface area contributed by atoms with Crippen molar-refractivity contribution in [1.29, 1.82) is 0 Å². The molecule has 2 aliphatic heterocycles. The minimum Gasteiger partial charge on any atom is -0.487 e. The Hall–Kier alpha value is -3.43. The van der Waals surface area contributed by atoms with Gasteiger partial charge in [0.1, 0.15) is 23.9 Å². The Bertz CT molecular complexity index is 1120. The normalized spacial score (nSPS) is 23.5. The van der Waals surface area contributed by atoms with Gasteiger partial charge in [-0.05, 0) is 49.2 Å². The number of nitrogens with one attached hydrogen (secondary N) is 3. The van der Waals surface area contributed by atoms with Gasteiger partial charge < -0.3 is 25.8 Å². The summed E-state index contributed by atoms with van der Waals surface area (Å²) >= 11 is 0. The van der Waals surface area contributed by atoms with Crippen LogP contribution in [0, 0.1) is 11.8 Å². The first kappa shape index (κ1) is 31.1. The highest BCUT2D eigenvalue weighted by molar-refractivity contribution is 5.93. The number of likely N-dealkylation sites (N-methyl/N-ethyl adjacent to an activating group) is 1. The van der Waals surface area contributed by atoms with E-state index >= 15 is 0 Å². The first-order valence-electron chi connectivity index (χ1n) is 14.0. The number of hydrogen-bond acceptors (Lipinski definition) is 6. The van der Waals surface area contributed by atoms with Gasteiger partial charge in [-0.3, -0.25) is 19.3 Å². The van der Waals surface area contributed by atoms with Crippen molar-refractivity contribution in [2.24, 2.45) is 11.8 Å². The number of aliphatic hydroxyl groups is 1. The van der Waals surface area contributed by atoms with Crippen molar-refractivity contribution in [1.82, 2.24) is 20.9 Å². The monoisotopic (exact) mass is 552 g/mol. The summed E-state index contributed by atoms with van der Waals surface area (Å²) in [6.07, 6.45) is -0.633. The van der Waals surface area contributed by atoms with Gasteiger partial charge in [0, 0.05) is 13.0 Å². The van der Waals surface area contributed by atoms with Crippen LogP contribution in [0.15, 0.2) is 54.6 Å². The molecule has 4 N–H and O–H groups in total. The Kier molecular flexibility index (Phi) is 11.1. The van der Waals surface area contributed by atoms with Gasteiger partial charge in [0.2, 0.25) is 17.7 Å². The molecule has 0 saturated heterocycles. The Balaban J connectivity index is 2.03. The standard InChI is InChI=1S/C31H44N4O5/c1-7-20(4)27(35(5)6)31(39)34-26-28(19(2)3)40-23-15-13-22(14-16-23)25(36)18-32-29(37)24(33-30(26)38)17-21-11-9-8-10-12-21/h8-16,19-20,24-28,36H,7,17-18H2,1-6H3,(H,32,37)(H,33,38)(H,34,39)/t20-,24-,25-,26-,27-,28-/m0/s1. The zero-order valence-corrected chi connectivity index (χ0v) is 24.4. The van der Waals surface area contributed by atoms with E-state index in [4.69, 9.17) is 4.74 Å². The molecule has 2 aliphatic rings. The summed E-state index contributed by atoms with van der Waals surface area (Å²) in [5, 5.41) is 19.3. The van der Waals surface area contributed by atoms with Crippen LogP contribution < -0.4 is 20.7 Å². The Morgan fingerprint density at radius 1 is 1.05 bits per heavy atom. The second-order valence-corrected chi connectivity index (χ2v) is 11.2. The van der Waals surface area contributed by atoms with Crippen molar-refractivity contribution < 1.29 is 24.2 Å². The molecule has 2 bridgehead atoms. The summed E-state index contributed by atoms with van der Waals surface area (Å²) in [5.41, 5.74) is 1.49. The lowest BCUT2D eigenvalue weighted by Crippen LogP contribution is -2.62. The van der Waals surface area contributed by atoms with E-state index in [0.29, 0.717) is 11.3 Å². The van der Waals surface area contributed by atoms with Crippen LogP contribution >= 0.6 is 0 Å². The Morgan fingerprint density at radius 3 is 2.27 bits per heavy atom. The van der Waals surface area contributed by atoms with Crippen molar-refractivity contribution in [3.05, 3.63) is 65.7 Å². The molecule has 40 heavy (non-hydrogen) atoms. The fourth-order valence-corrected chi connectivity index (χ4v) is 5.03. The van der Waals surface area contributed by atoms with Gasteiger partial charge in [-0.1, -0.05) is 76.6 Å². The first-order chi connectivity index (χ1) is 19.0. The van der Waals surface area contributed by atoms with Gasteiger partial charge in [-0.2, -0.15) is 0 Å². The quantitative estimate of drug-likeness (QED) is 0.399. The van der Waals surface area contributed by atoms with E-state index < -0.39 is 42.1 Å².